The number of benzene rings is 1. The molecule has 0 saturated heterocycles. The van der Waals surface area contributed by atoms with Gasteiger partial charge in [-0.1, -0.05) is 19.9 Å². The van der Waals surface area contributed by atoms with E-state index in [0.717, 1.165) is 0 Å². The summed E-state index contributed by atoms with van der Waals surface area (Å²) in [7, 11) is 0. The van der Waals surface area contributed by atoms with Gasteiger partial charge in [-0.2, -0.15) is 0 Å². The van der Waals surface area contributed by atoms with E-state index in [1.54, 1.807) is 24.3 Å². The number of carbonyl (C=O) groups is 3. The molecule has 0 aromatic heterocycles. The standard InChI is InChI=1S/C16H25N5O3/c1-4-18-16(24)21-12-7-5-6-11(8-12)20-13(22)9-19-15(23)14(17)10(2)3/h5-8,10,14H,4,9,17H2,1-3H3,(H,19,23)(H,20,22)(H2,18,21,24)/t14-/m0/s1. The first-order valence-electron chi connectivity index (χ1n) is 7.81. The summed E-state index contributed by atoms with van der Waals surface area (Å²) in [6.07, 6.45) is 0. The van der Waals surface area contributed by atoms with Crippen LogP contribution in [-0.4, -0.2) is 37.0 Å². The van der Waals surface area contributed by atoms with E-state index in [0.29, 0.717) is 17.9 Å². The van der Waals surface area contributed by atoms with Crippen molar-refractivity contribution in [1.82, 2.24) is 10.6 Å². The zero-order valence-electron chi connectivity index (χ0n) is 14.2. The van der Waals surface area contributed by atoms with E-state index >= 15 is 0 Å². The van der Waals surface area contributed by atoms with E-state index in [-0.39, 0.29) is 30.3 Å². The molecule has 0 aliphatic carbocycles. The van der Waals surface area contributed by atoms with Crippen molar-refractivity contribution in [3.8, 4) is 0 Å². The third-order valence-electron chi connectivity index (χ3n) is 3.19. The highest BCUT2D eigenvalue weighted by Crippen LogP contribution is 2.14. The highest BCUT2D eigenvalue weighted by molar-refractivity contribution is 5.96. The minimum absolute atomic E-state index is 0.00918. The molecule has 0 radical (unpaired) electrons. The topological polar surface area (TPSA) is 125 Å². The Morgan fingerprint density at radius 1 is 1.08 bits per heavy atom. The maximum absolute atomic E-state index is 11.9. The smallest absolute Gasteiger partial charge is 0.319 e. The molecule has 4 amide bonds. The van der Waals surface area contributed by atoms with Crippen LogP contribution in [0.4, 0.5) is 16.2 Å². The highest BCUT2D eigenvalue weighted by Gasteiger charge is 2.17. The molecule has 0 spiro atoms. The van der Waals surface area contributed by atoms with Crippen molar-refractivity contribution in [3.63, 3.8) is 0 Å². The van der Waals surface area contributed by atoms with E-state index in [1.807, 2.05) is 20.8 Å². The molecule has 8 nitrogen and oxygen atoms in total. The SMILES string of the molecule is CCNC(=O)Nc1cccc(NC(=O)CNC(=O)[C@@H](N)C(C)C)c1. The third-order valence-corrected chi connectivity index (χ3v) is 3.19. The lowest BCUT2D eigenvalue weighted by atomic mass is 10.1. The van der Waals surface area contributed by atoms with Crippen LogP contribution in [0.2, 0.25) is 0 Å². The predicted octanol–water partition coefficient (Wildman–Crippen LogP) is 0.866. The highest BCUT2D eigenvalue weighted by atomic mass is 16.2. The average molecular weight is 335 g/mol. The van der Waals surface area contributed by atoms with Gasteiger partial charge in [0.25, 0.3) is 0 Å². The molecule has 0 unspecified atom stereocenters. The van der Waals surface area contributed by atoms with Crippen LogP contribution in [0.15, 0.2) is 24.3 Å². The van der Waals surface area contributed by atoms with Crippen LogP contribution < -0.4 is 27.0 Å². The number of urea groups is 1. The normalized spacial score (nSPS) is 11.5. The molecule has 6 N–H and O–H groups in total. The van der Waals surface area contributed by atoms with E-state index in [9.17, 15) is 14.4 Å². The maximum atomic E-state index is 11.9. The van der Waals surface area contributed by atoms with Crippen molar-refractivity contribution in [2.75, 3.05) is 23.7 Å². The molecule has 0 aliphatic heterocycles. The van der Waals surface area contributed by atoms with Crippen LogP contribution in [0.3, 0.4) is 0 Å². The van der Waals surface area contributed by atoms with Crippen LogP contribution in [-0.2, 0) is 9.59 Å². The van der Waals surface area contributed by atoms with Gasteiger partial charge in [-0.25, -0.2) is 4.79 Å². The van der Waals surface area contributed by atoms with E-state index in [4.69, 9.17) is 5.73 Å². The molecule has 0 aliphatic rings. The number of hydrogen-bond donors (Lipinski definition) is 5. The summed E-state index contributed by atoms with van der Waals surface area (Å²) in [6.45, 7) is 5.82. The number of carbonyl (C=O) groups excluding carboxylic acids is 3. The van der Waals surface area contributed by atoms with Crippen molar-refractivity contribution in [3.05, 3.63) is 24.3 Å². The molecular formula is C16H25N5O3. The molecule has 1 atom stereocenters. The number of hydrogen-bond acceptors (Lipinski definition) is 4. The van der Waals surface area contributed by atoms with Gasteiger partial charge >= 0.3 is 6.03 Å². The summed E-state index contributed by atoms with van der Waals surface area (Å²) in [5.74, 6) is -0.758. The fourth-order valence-corrected chi connectivity index (χ4v) is 1.80. The van der Waals surface area contributed by atoms with Crippen LogP contribution in [0.5, 0.6) is 0 Å². The zero-order chi connectivity index (χ0) is 18.1. The fraction of sp³-hybridized carbons (Fsp3) is 0.438. The molecule has 8 heteroatoms. The van der Waals surface area contributed by atoms with Crippen molar-refractivity contribution >= 4 is 29.2 Å². The van der Waals surface area contributed by atoms with Gasteiger partial charge in [-0.3, -0.25) is 9.59 Å². The molecule has 24 heavy (non-hydrogen) atoms. The summed E-state index contributed by atoms with van der Waals surface area (Å²) in [4.78, 5) is 35.1. The summed E-state index contributed by atoms with van der Waals surface area (Å²) < 4.78 is 0. The Bertz CT molecular complexity index is 589. The number of amides is 4. The molecule has 132 valence electrons. The quantitative estimate of drug-likeness (QED) is 0.507. The average Bonchev–Trinajstić information content (AvgIpc) is 2.52. The maximum Gasteiger partial charge on any atom is 0.319 e. The monoisotopic (exact) mass is 335 g/mol. The first-order chi connectivity index (χ1) is 11.3. The van der Waals surface area contributed by atoms with Gasteiger partial charge in [-0.05, 0) is 31.0 Å². The number of anilines is 2. The van der Waals surface area contributed by atoms with Gasteiger partial charge in [0.1, 0.15) is 0 Å². The Morgan fingerprint density at radius 3 is 2.29 bits per heavy atom. The minimum atomic E-state index is -0.651. The number of nitrogens with two attached hydrogens (primary N) is 1. The summed E-state index contributed by atoms with van der Waals surface area (Å²) >= 11 is 0. The third kappa shape index (κ3) is 6.66. The molecule has 1 rings (SSSR count). The second-order valence-corrected chi connectivity index (χ2v) is 5.60. The molecular weight excluding hydrogens is 310 g/mol. The fourth-order valence-electron chi connectivity index (χ4n) is 1.80. The van der Waals surface area contributed by atoms with Crippen molar-refractivity contribution in [2.24, 2.45) is 11.7 Å². The van der Waals surface area contributed by atoms with E-state index < -0.39 is 6.04 Å². The lowest BCUT2D eigenvalue weighted by Crippen LogP contribution is -2.46. The second-order valence-electron chi connectivity index (χ2n) is 5.60. The Labute approximate surface area is 141 Å². The van der Waals surface area contributed by atoms with Crippen molar-refractivity contribution in [2.45, 2.75) is 26.8 Å². The van der Waals surface area contributed by atoms with Gasteiger partial charge < -0.3 is 27.0 Å². The van der Waals surface area contributed by atoms with E-state index in [2.05, 4.69) is 21.3 Å². The lowest BCUT2D eigenvalue weighted by molar-refractivity contribution is -0.125. The van der Waals surface area contributed by atoms with Crippen LogP contribution in [0.1, 0.15) is 20.8 Å². The van der Waals surface area contributed by atoms with Crippen LogP contribution in [0.25, 0.3) is 0 Å². The van der Waals surface area contributed by atoms with Crippen molar-refractivity contribution in [1.29, 1.82) is 0 Å². The van der Waals surface area contributed by atoms with Gasteiger partial charge in [0.05, 0.1) is 12.6 Å². The summed E-state index contributed by atoms with van der Waals surface area (Å²) in [5, 5.41) is 10.4. The molecule has 0 saturated carbocycles. The minimum Gasteiger partial charge on any atom is -0.346 e. The Hall–Kier alpha value is -2.61. The zero-order valence-corrected chi connectivity index (χ0v) is 14.2. The van der Waals surface area contributed by atoms with E-state index in [1.165, 1.54) is 0 Å². The van der Waals surface area contributed by atoms with Gasteiger partial charge in [-0.15, -0.1) is 0 Å². The summed E-state index contributed by atoms with van der Waals surface area (Å²) in [6, 6.07) is 5.73. The molecule has 0 heterocycles. The molecule has 1 aromatic carbocycles. The van der Waals surface area contributed by atoms with Gasteiger partial charge in [0.2, 0.25) is 11.8 Å². The van der Waals surface area contributed by atoms with Crippen LogP contribution >= 0.6 is 0 Å². The largest absolute Gasteiger partial charge is 0.346 e. The van der Waals surface area contributed by atoms with Gasteiger partial charge in [0.15, 0.2) is 0 Å². The lowest BCUT2D eigenvalue weighted by Gasteiger charge is -2.15. The Kier molecular flexibility index (Phi) is 7.70. The second kappa shape index (κ2) is 9.51. The molecule has 1 aromatic rings. The van der Waals surface area contributed by atoms with Gasteiger partial charge in [0, 0.05) is 17.9 Å². The predicted molar refractivity (Wildman–Crippen MR) is 93.6 cm³/mol. The van der Waals surface area contributed by atoms with Crippen LogP contribution in [0, 0.1) is 5.92 Å². The summed E-state index contributed by atoms with van der Waals surface area (Å²) in [5.41, 5.74) is 6.76. The van der Waals surface area contributed by atoms with Crippen molar-refractivity contribution < 1.29 is 14.4 Å². The number of nitrogens with one attached hydrogen (secondary N) is 4. The molecule has 0 fully saturated rings. The Morgan fingerprint density at radius 2 is 1.71 bits per heavy atom. The number of rotatable bonds is 7. The first-order valence-corrected chi connectivity index (χ1v) is 7.81. The Balaban J connectivity index is 2.52. The first kappa shape index (κ1) is 19.4. The molecule has 0 bridgehead atoms.